The number of nitrogens with one attached hydrogen (secondary N) is 4. The molecule has 2 unspecified atom stereocenters. The zero-order valence-corrected chi connectivity index (χ0v) is 28.3. The van der Waals surface area contributed by atoms with E-state index in [0.29, 0.717) is 17.5 Å². The van der Waals surface area contributed by atoms with Gasteiger partial charge in [0.05, 0.1) is 13.1 Å². The molecule has 0 fully saturated rings. The third-order valence-electron chi connectivity index (χ3n) is 5.84. The predicted molar refractivity (Wildman–Crippen MR) is 149 cm³/mol. The van der Waals surface area contributed by atoms with Crippen molar-refractivity contribution in [1.82, 2.24) is 21.3 Å². The van der Waals surface area contributed by atoms with Gasteiger partial charge in [-0.3, -0.25) is 10.1 Å². The lowest BCUT2D eigenvalue weighted by Gasteiger charge is -2.34. The molecule has 0 aliphatic rings. The average molecular weight is 898 g/mol. The van der Waals surface area contributed by atoms with Crippen molar-refractivity contribution < 1.29 is 127 Å². The van der Waals surface area contributed by atoms with Crippen LogP contribution in [0.1, 0.15) is 0 Å². The van der Waals surface area contributed by atoms with E-state index < -0.39 is 137 Å². The van der Waals surface area contributed by atoms with Crippen molar-refractivity contribution in [1.29, 1.82) is 0 Å². The summed E-state index contributed by atoms with van der Waals surface area (Å²) < 4.78 is 270. The van der Waals surface area contributed by atoms with Gasteiger partial charge in [-0.2, -0.15) is 70.2 Å². The molecule has 0 aliphatic carbocycles. The summed E-state index contributed by atoms with van der Waals surface area (Å²) >= 11 is 0. The zero-order chi connectivity index (χ0) is 45.6. The summed E-state index contributed by atoms with van der Waals surface area (Å²) in [6.45, 7) is -8.22. The third kappa shape index (κ3) is 16.1. The molecule has 0 radical (unpaired) electrons. The summed E-state index contributed by atoms with van der Waals surface area (Å²) in [6, 6.07) is -11.4. The average Bonchev–Trinajstić information content (AvgIpc) is 3.11. The van der Waals surface area contributed by atoms with Crippen molar-refractivity contribution in [3.63, 3.8) is 0 Å². The van der Waals surface area contributed by atoms with Gasteiger partial charge >= 0.3 is 72.1 Å². The van der Waals surface area contributed by atoms with E-state index >= 15 is 0 Å². The first-order valence-corrected chi connectivity index (χ1v) is 14.7. The molecular formula is C26H28F18N4O10. The van der Waals surface area contributed by atoms with Crippen molar-refractivity contribution in [2.45, 2.75) is 60.7 Å². The van der Waals surface area contributed by atoms with Crippen molar-refractivity contribution in [2.75, 3.05) is 52.7 Å². The first kappa shape index (κ1) is 53.5. The van der Waals surface area contributed by atoms with Crippen LogP contribution in [0.3, 0.4) is 0 Å². The Hall–Kier alpha value is -4.46. The fraction of sp³-hybridized carbons (Fsp3) is 0.692. The highest BCUT2D eigenvalue weighted by atomic mass is 19.4. The lowest BCUT2D eigenvalue weighted by atomic mass is 10.1. The minimum Gasteiger partial charge on any atom is -0.461 e. The topological polar surface area (TPSA) is 172 Å². The van der Waals surface area contributed by atoms with Crippen LogP contribution in [-0.2, 0) is 38.0 Å². The van der Waals surface area contributed by atoms with Gasteiger partial charge in [0.25, 0.3) is 6.36 Å². The van der Waals surface area contributed by atoms with E-state index in [2.05, 4.69) is 41.6 Å². The summed E-state index contributed by atoms with van der Waals surface area (Å²) in [5, 5.41) is 3.36. The van der Waals surface area contributed by atoms with E-state index in [1.54, 1.807) is 5.32 Å². The molecule has 0 bridgehead atoms. The van der Waals surface area contributed by atoms with Crippen LogP contribution >= 0.6 is 0 Å². The van der Waals surface area contributed by atoms with Crippen molar-refractivity contribution >= 4 is 24.1 Å². The SMILES string of the molecule is C=CC(=O)OCCNC(=O)OCC(F)(F)C(F)(F)C(F)(F)OCC(F)(F)NCC(F)NC(F)(F)C(F)OC(F)(F)C(F)(F)C(F)(F)COC(=O)NCCOC(=O)C=C. The normalized spacial score (nSPS) is 14.4. The van der Waals surface area contributed by atoms with E-state index in [0.717, 1.165) is 0 Å². The molecule has 0 saturated heterocycles. The molecule has 0 rings (SSSR count). The van der Waals surface area contributed by atoms with Crippen LogP contribution in [0.4, 0.5) is 88.6 Å². The quantitative estimate of drug-likeness (QED) is 0.0226. The van der Waals surface area contributed by atoms with Gasteiger partial charge < -0.3 is 34.3 Å². The maximum Gasteiger partial charge on any atom is 0.428 e. The molecule has 0 aromatic carbocycles. The monoisotopic (exact) mass is 898 g/mol. The number of carbonyl (C=O) groups is 4. The van der Waals surface area contributed by atoms with Crippen molar-refractivity contribution in [2.24, 2.45) is 0 Å². The second-order valence-corrected chi connectivity index (χ2v) is 10.4. The van der Waals surface area contributed by atoms with E-state index in [4.69, 9.17) is 0 Å². The molecule has 4 N–H and O–H groups in total. The van der Waals surface area contributed by atoms with Gasteiger partial charge in [-0.25, -0.2) is 33.3 Å². The number of ether oxygens (including phenoxy) is 6. The Morgan fingerprint density at radius 1 is 0.586 bits per heavy atom. The number of rotatable bonds is 27. The number of carbonyl (C=O) groups excluding carboxylic acids is 4. The van der Waals surface area contributed by atoms with Gasteiger partial charge in [-0.15, -0.1) is 0 Å². The Labute approximate surface area is 311 Å². The Kier molecular flexibility index (Phi) is 19.4. The van der Waals surface area contributed by atoms with Crippen LogP contribution in [0.25, 0.3) is 0 Å². The maximum atomic E-state index is 13.9. The van der Waals surface area contributed by atoms with Crippen molar-refractivity contribution in [3.05, 3.63) is 25.3 Å². The first-order chi connectivity index (χ1) is 26.1. The molecule has 14 nitrogen and oxygen atoms in total. The van der Waals surface area contributed by atoms with Crippen LogP contribution in [-0.4, -0.2) is 137 Å². The Bertz CT molecular complexity index is 1410. The second-order valence-electron chi connectivity index (χ2n) is 10.4. The number of alkyl carbamates (subject to hydrolysis) is 2. The summed E-state index contributed by atoms with van der Waals surface area (Å²) in [4.78, 5) is 44.1. The van der Waals surface area contributed by atoms with Crippen LogP contribution in [0.15, 0.2) is 25.3 Å². The second kappa shape index (κ2) is 21.0. The molecule has 2 amide bonds. The van der Waals surface area contributed by atoms with E-state index in [1.807, 2.05) is 0 Å². The van der Waals surface area contributed by atoms with Gasteiger partial charge in [0.2, 0.25) is 0 Å². The van der Waals surface area contributed by atoms with Gasteiger partial charge in [-0.05, 0) is 0 Å². The highest BCUT2D eigenvalue weighted by Crippen LogP contribution is 2.48. The minimum absolute atomic E-state index is 0.0768. The fourth-order valence-electron chi connectivity index (χ4n) is 2.91. The maximum absolute atomic E-state index is 13.9. The molecule has 2 atom stereocenters. The molecular weight excluding hydrogens is 870 g/mol. The molecule has 58 heavy (non-hydrogen) atoms. The van der Waals surface area contributed by atoms with Gasteiger partial charge in [-0.1, -0.05) is 13.2 Å². The lowest BCUT2D eigenvalue weighted by molar-refractivity contribution is -0.436. The van der Waals surface area contributed by atoms with Crippen LogP contribution in [0, 0.1) is 0 Å². The van der Waals surface area contributed by atoms with Crippen LogP contribution < -0.4 is 21.3 Å². The molecule has 0 spiro atoms. The molecule has 0 aromatic rings. The molecule has 0 aromatic heterocycles. The number of amides is 2. The number of alkyl halides is 18. The van der Waals surface area contributed by atoms with Gasteiger partial charge in [0.1, 0.15) is 19.8 Å². The van der Waals surface area contributed by atoms with Crippen LogP contribution in [0.5, 0.6) is 0 Å². The predicted octanol–water partition coefficient (Wildman–Crippen LogP) is 4.61. The van der Waals surface area contributed by atoms with E-state index in [-0.39, 0.29) is 5.32 Å². The van der Waals surface area contributed by atoms with Gasteiger partial charge in [0.15, 0.2) is 19.5 Å². The number of hydrogen-bond acceptors (Lipinski definition) is 12. The highest BCUT2D eigenvalue weighted by molar-refractivity contribution is 5.81. The number of hydrogen-bond donors (Lipinski definition) is 4. The van der Waals surface area contributed by atoms with E-state index in [1.165, 1.54) is 5.32 Å². The summed E-state index contributed by atoms with van der Waals surface area (Å²) in [5.74, 6) is -28.3. The molecule has 338 valence electrons. The smallest absolute Gasteiger partial charge is 0.428 e. The highest BCUT2D eigenvalue weighted by Gasteiger charge is 2.75. The van der Waals surface area contributed by atoms with Gasteiger partial charge in [0, 0.05) is 18.7 Å². The molecule has 0 heterocycles. The number of halogens is 18. The Morgan fingerprint density at radius 3 is 1.38 bits per heavy atom. The molecule has 0 saturated carbocycles. The molecule has 0 aliphatic heterocycles. The summed E-state index contributed by atoms with van der Waals surface area (Å²) in [7, 11) is 0. The fourth-order valence-corrected chi connectivity index (χ4v) is 2.91. The first-order valence-electron chi connectivity index (χ1n) is 14.7. The lowest BCUT2D eigenvalue weighted by Crippen LogP contribution is -2.61. The third-order valence-corrected chi connectivity index (χ3v) is 5.84. The largest absolute Gasteiger partial charge is 0.461 e. The van der Waals surface area contributed by atoms with E-state index in [9.17, 15) is 98.2 Å². The Balaban J connectivity index is 5.24. The summed E-state index contributed by atoms with van der Waals surface area (Å²) in [5.41, 5.74) is 0. The number of esters is 2. The Morgan fingerprint density at radius 2 is 0.983 bits per heavy atom. The standard InChI is InChI=1S/C26H28F18N4O10/c1-3-14(49)53-7-5-45-17(51)55-10-19(29,30)23(37,38)25(41,42)57-12-21(33,34)47-9-13(27)48-22(35,36)16(28)58-26(43,44)24(39,40)20(31,32)11-56-18(52)46-6-8-54-15(50)4-2/h3-4,13,16,47-48H,1-2,5-12H2,(H,45,51)(H,46,52). The summed E-state index contributed by atoms with van der Waals surface area (Å²) in [6.07, 6.45) is -25.5. The zero-order valence-electron chi connectivity index (χ0n) is 28.3. The minimum atomic E-state index is -7.03. The van der Waals surface area contributed by atoms with Crippen molar-refractivity contribution in [3.8, 4) is 0 Å². The molecule has 32 heteroatoms. The van der Waals surface area contributed by atoms with Crippen LogP contribution in [0.2, 0.25) is 0 Å².